The molecule has 0 atom stereocenters. The topological polar surface area (TPSA) is 40.9 Å². The number of aryl methyl sites for hydroxylation is 1. The van der Waals surface area contributed by atoms with Crippen LogP contribution in [0.1, 0.15) is 27.2 Å². The SMILES string of the molecule is N#CCCc1ccccc1C(=O)c1cccs1. The van der Waals surface area contributed by atoms with E-state index in [0.717, 1.165) is 10.4 Å². The first-order valence-electron chi connectivity index (χ1n) is 5.36. The Morgan fingerprint density at radius 2 is 2.06 bits per heavy atom. The fourth-order valence-corrected chi connectivity index (χ4v) is 2.37. The Labute approximate surface area is 104 Å². The van der Waals surface area contributed by atoms with E-state index in [4.69, 9.17) is 5.26 Å². The summed E-state index contributed by atoms with van der Waals surface area (Å²) in [5.41, 5.74) is 1.66. The smallest absolute Gasteiger partial charge is 0.203 e. The average molecular weight is 241 g/mol. The van der Waals surface area contributed by atoms with Gasteiger partial charge in [-0.1, -0.05) is 30.3 Å². The van der Waals surface area contributed by atoms with Crippen LogP contribution in [0.15, 0.2) is 41.8 Å². The Hall–Kier alpha value is -1.92. The molecule has 0 aliphatic rings. The lowest BCUT2D eigenvalue weighted by Crippen LogP contribution is -2.03. The molecule has 0 bridgehead atoms. The monoisotopic (exact) mass is 241 g/mol. The minimum Gasteiger partial charge on any atom is -0.288 e. The zero-order valence-corrected chi connectivity index (χ0v) is 10.0. The van der Waals surface area contributed by atoms with E-state index in [9.17, 15) is 4.79 Å². The van der Waals surface area contributed by atoms with E-state index in [0.29, 0.717) is 18.4 Å². The van der Waals surface area contributed by atoms with E-state index in [1.54, 1.807) is 0 Å². The third kappa shape index (κ3) is 2.61. The highest BCUT2D eigenvalue weighted by Gasteiger charge is 2.13. The molecule has 1 heterocycles. The lowest BCUT2D eigenvalue weighted by Gasteiger charge is -2.05. The normalized spacial score (nSPS) is 9.82. The summed E-state index contributed by atoms with van der Waals surface area (Å²) in [4.78, 5) is 13.0. The molecular formula is C14H11NOS. The Morgan fingerprint density at radius 3 is 2.76 bits per heavy atom. The number of nitrogens with zero attached hydrogens (tertiary/aromatic N) is 1. The van der Waals surface area contributed by atoms with Gasteiger partial charge in [-0.2, -0.15) is 5.26 Å². The highest BCUT2D eigenvalue weighted by atomic mass is 32.1. The molecule has 0 saturated carbocycles. The number of nitriles is 1. The van der Waals surface area contributed by atoms with Crippen LogP contribution in [-0.4, -0.2) is 5.78 Å². The third-order valence-corrected chi connectivity index (χ3v) is 3.38. The summed E-state index contributed by atoms with van der Waals surface area (Å²) in [6, 6.07) is 13.3. The quantitative estimate of drug-likeness (QED) is 0.769. The largest absolute Gasteiger partial charge is 0.288 e. The third-order valence-electron chi connectivity index (χ3n) is 2.51. The van der Waals surface area contributed by atoms with E-state index < -0.39 is 0 Å². The number of ketones is 1. The first-order valence-corrected chi connectivity index (χ1v) is 6.24. The molecule has 84 valence electrons. The maximum Gasteiger partial charge on any atom is 0.203 e. The van der Waals surface area contributed by atoms with Crippen LogP contribution < -0.4 is 0 Å². The number of benzene rings is 1. The molecule has 3 heteroatoms. The molecule has 0 N–H and O–H groups in total. The predicted octanol–water partition coefficient (Wildman–Crippen LogP) is 3.44. The Bertz CT molecular complexity index is 552. The second-order valence-corrected chi connectivity index (χ2v) is 4.57. The molecule has 0 unspecified atom stereocenters. The molecule has 0 amide bonds. The molecule has 0 saturated heterocycles. The van der Waals surface area contributed by atoms with Crippen molar-refractivity contribution < 1.29 is 4.79 Å². The van der Waals surface area contributed by atoms with E-state index >= 15 is 0 Å². The average Bonchev–Trinajstić information content (AvgIpc) is 2.89. The maximum absolute atomic E-state index is 12.2. The van der Waals surface area contributed by atoms with Crippen molar-refractivity contribution in [2.75, 3.05) is 0 Å². The van der Waals surface area contributed by atoms with Gasteiger partial charge in [-0.05, 0) is 23.4 Å². The van der Waals surface area contributed by atoms with Gasteiger partial charge in [0.05, 0.1) is 10.9 Å². The first kappa shape index (κ1) is 11.6. The van der Waals surface area contributed by atoms with Gasteiger partial charge in [0.15, 0.2) is 0 Å². The van der Waals surface area contributed by atoms with Crippen molar-refractivity contribution in [3.8, 4) is 6.07 Å². The molecule has 0 aliphatic heterocycles. The van der Waals surface area contributed by atoms with Crippen molar-refractivity contribution in [2.24, 2.45) is 0 Å². The Balaban J connectivity index is 2.32. The van der Waals surface area contributed by atoms with Gasteiger partial charge in [0.2, 0.25) is 5.78 Å². The van der Waals surface area contributed by atoms with E-state index in [2.05, 4.69) is 6.07 Å². The van der Waals surface area contributed by atoms with Gasteiger partial charge in [0.25, 0.3) is 0 Å². The summed E-state index contributed by atoms with van der Waals surface area (Å²) >= 11 is 1.44. The Kier molecular flexibility index (Phi) is 3.69. The number of thiophene rings is 1. The van der Waals surface area contributed by atoms with Gasteiger partial charge in [0.1, 0.15) is 0 Å². The van der Waals surface area contributed by atoms with Crippen molar-refractivity contribution >= 4 is 17.1 Å². The standard InChI is InChI=1S/C14H11NOS/c15-9-3-6-11-5-1-2-7-12(11)14(16)13-8-4-10-17-13/h1-2,4-5,7-8,10H,3,6H2. The Morgan fingerprint density at radius 1 is 1.24 bits per heavy atom. The van der Waals surface area contributed by atoms with E-state index in [-0.39, 0.29) is 5.78 Å². The molecule has 0 radical (unpaired) electrons. The van der Waals surface area contributed by atoms with Gasteiger partial charge < -0.3 is 0 Å². The van der Waals surface area contributed by atoms with Gasteiger partial charge in [-0.3, -0.25) is 4.79 Å². The van der Waals surface area contributed by atoms with Crippen LogP contribution in [0.25, 0.3) is 0 Å². The molecule has 2 nitrogen and oxygen atoms in total. The molecule has 2 aromatic rings. The molecular weight excluding hydrogens is 230 g/mol. The highest BCUT2D eigenvalue weighted by molar-refractivity contribution is 7.12. The van der Waals surface area contributed by atoms with Gasteiger partial charge in [-0.15, -0.1) is 11.3 Å². The zero-order valence-electron chi connectivity index (χ0n) is 9.22. The fraction of sp³-hybridized carbons (Fsp3) is 0.143. The zero-order chi connectivity index (χ0) is 12.1. The first-order chi connectivity index (χ1) is 8.33. The van der Waals surface area contributed by atoms with E-state index in [1.165, 1.54) is 11.3 Å². The number of carbonyl (C=O) groups is 1. The lowest BCUT2D eigenvalue weighted by molar-refractivity contribution is 0.104. The molecule has 0 aliphatic carbocycles. The summed E-state index contributed by atoms with van der Waals surface area (Å²) in [5.74, 6) is 0.0496. The molecule has 17 heavy (non-hydrogen) atoms. The highest BCUT2D eigenvalue weighted by Crippen LogP contribution is 2.19. The van der Waals surface area contributed by atoms with E-state index in [1.807, 2.05) is 41.8 Å². The van der Waals surface area contributed by atoms with Crippen molar-refractivity contribution in [1.82, 2.24) is 0 Å². The summed E-state index contributed by atoms with van der Waals surface area (Å²) in [7, 11) is 0. The summed E-state index contributed by atoms with van der Waals surface area (Å²) in [5, 5.41) is 10.5. The second-order valence-electron chi connectivity index (χ2n) is 3.62. The second kappa shape index (κ2) is 5.42. The molecule has 1 aromatic heterocycles. The van der Waals surface area contributed by atoms with Crippen LogP contribution in [0, 0.1) is 11.3 Å². The fourth-order valence-electron chi connectivity index (χ4n) is 1.69. The summed E-state index contributed by atoms with van der Waals surface area (Å²) < 4.78 is 0. The van der Waals surface area contributed by atoms with Crippen LogP contribution >= 0.6 is 11.3 Å². The number of carbonyl (C=O) groups excluding carboxylic acids is 1. The van der Waals surface area contributed by atoms with Crippen molar-refractivity contribution in [2.45, 2.75) is 12.8 Å². The number of rotatable bonds is 4. The number of hydrogen-bond donors (Lipinski definition) is 0. The van der Waals surface area contributed by atoms with Crippen LogP contribution in [-0.2, 0) is 6.42 Å². The van der Waals surface area contributed by atoms with Crippen molar-refractivity contribution in [1.29, 1.82) is 5.26 Å². The van der Waals surface area contributed by atoms with Crippen LogP contribution in [0.2, 0.25) is 0 Å². The summed E-state index contributed by atoms with van der Waals surface area (Å²) in [6.45, 7) is 0. The van der Waals surface area contributed by atoms with Gasteiger partial charge in [-0.25, -0.2) is 0 Å². The minimum atomic E-state index is 0.0496. The molecule has 1 aromatic carbocycles. The van der Waals surface area contributed by atoms with Crippen LogP contribution in [0.3, 0.4) is 0 Å². The van der Waals surface area contributed by atoms with Gasteiger partial charge >= 0.3 is 0 Å². The maximum atomic E-state index is 12.2. The van der Waals surface area contributed by atoms with Crippen LogP contribution in [0.4, 0.5) is 0 Å². The lowest BCUT2D eigenvalue weighted by atomic mass is 9.99. The van der Waals surface area contributed by atoms with Crippen molar-refractivity contribution in [3.05, 3.63) is 57.8 Å². The van der Waals surface area contributed by atoms with Crippen molar-refractivity contribution in [3.63, 3.8) is 0 Å². The molecule has 0 spiro atoms. The minimum absolute atomic E-state index is 0.0496. The molecule has 2 rings (SSSR count). The van der Waals surface area contributed by atoms with Crippen LogP contribution in [0.5, 0.6) is 0 Å². The predicted molar refractivity (Wildman–Crippen MR) is 68.1 cm³/mol. The van der Waals surface area contributed by atoms with Gasteiger partial charge in [0, 0.05) is 12.0 Å². The number of hydrogen-bond acceptors (Lipinski definition) is 3. The molecule has 0 fully saturated rings. The summed E-state index contributed by atoms with van der Waals surface area (Å²) in [6.07, 6.45) is 1.07.